The Hall–Kier alpha value is -2.45. The number of esters is 1. The van der Waals surface area contributed by atoms with Gasteiger partial charge in [0.05, 0.1) is 22.5 Å². The number of likely N-dealkylation sites (N-methyl/N-ethyl adjacent to an activating group) is 1. The lowest BCUT2D eigenvalue weighted by atomic mass is 10.2. The molecule has 0 aliphatic carbocycles. The van der Waals surface area contributed by atoms with Gasteiger partial charge in [-0.05, 0) is 26.0 Å². The van der Waals surface area contributed by atoms with Crippen molar-refractivity contribution in [2.24, 2.45) is 7.05 Å². The number of benzene rings is 1. The van der Waals surface area contributed by atoms with Crippen LogP contribution in [-0.2, 0) is 23.1 Å². The molecule has 9 heteroatoms. The molecule has 0 N–H and O–H groups in total. The Morgan fingerprint density at radius 3 is 2.70 bits per heavy atom. The minimum absolute atomic E-state index is 0.174. The fourth-order valence-electron chi connectivity index (χ4n) is 2.71. The molecule has 0 radical (unpaired) electrons. The van der Waals surface area contributed by atoms with E-state index in [-0.39, 0.29) is 16.6 Å². The summed E-state index contributed by atoms with van der Waals surface area (Å²) in [6, 6.07) is 7.80. The summed E-state index contributed by atoms with van der Waals surface area (Å²) < 4.78 is 7.76. The molecule has 2 heterocycles. The van der Waals surface area contributed by atoms with Crippen LogP contribution in [0.2, 0.25) is 5.15 Å². The third-order valence-corrected chi connectivity index (χ3v) is 5.53. The van der Waals surface area contributed by atoms with Crippen molar-refractivity contribution in [3.05, 3.63) is 45.7 Å². The zero-order valence-corrected chi connectivity index (χ0v) is 17.0. The second-order valence-corrected chi connectivity index (χ2v) is 7.67. The maximum Gasteiger partial charge on any atom is 0.343 e. The summed E-state index contributed by atoms with van der Waals surface area (Å²) in [5, 5.41) is 5.07. The van der Waals surface area contributed by atoms with Gasteiger partial charge in [0.2, 0.25) is 0 Å². The van der Waals surface area contributed by atoms with E-state index >= 15 is 0 Å². The van der Waals surface area contributed by atoms with Crippen molar-refractivity contribution in [3.8, 4) is 0 Å². The normalized spacial score (nSPS) is 12.2. The van der Waals surface area contributed by atoms with Gasteiger partial charge in [-0.1, -0.05) is 23.7 Å². The Bertz CT molecular complexity index is 980. The van der Waals surface area contributed by atoms with Crippen LogP contribution in [0.25, 0.3) is 10.2 Å². The van der Waals surface area contributed by atoms with E-state index in [1.54, 1.807) is 21.0 Å². The number of fused-ring (bicyclic) bond motifs is 1. The van der Waals surface area contributed by atoms with Gasteiger partial charge in [0, 0.05) is 14.1 Å². The van der Waals surface area contributed by atoms with Gasteiger partial charge in [-0.2, -0.15) is 5.10 Å². The number of carbonyl (C=O) groups excluding carboxylic acids is 2. The summed E-state index contributed by atoms with van der Waals surface area (Å²) in [6.07, 6.45) is -0.951. The zero-order valence-electron chi connectivity index (χ0n) is 15.4. The zero-order chi connectivity index (χ0) is 19.7. The monoisotopic (exact) mass is 406 g/mol. The topological polar surface area (TPSA) is 77.3 Å². The van der Waals surface area contributed by atoms with Crippen LogP contribution in [0.5, 0.6) is 0 Å². The number of carbonyl (C=O) groups is 2. The third kappa shape index (κ3) is 3.96. The Kier molecular flexibility index (Phi) is 5.48. The van der Waals surface area contributed by atoms with Crippen LogP contribution in [0.3, 0.4) is 0 Å². The van der Waals surface area contributed by atoms with Crippen molar-refractivity contribution in [1.29, 1.82) is 0 Å². The van der Waals surface area contributed by atoms with Gasteiger partial charge < -0.3 is 9.64 Å². The minimum atomic E-state index is -0.951. The summed E-state index contributed by atoms with van der Waals surface area (Å²) in [7, 11) is 3.29. The fourth-order valence-corrected chi connectivity index (χ4v) is 3.98. The van der Waals surface area contributed by atoms with Crippen LogP contribution in [0.15, 0.2) is 24.3 Å². The van der Waals surface area contributed by atoms with E-state index in [1.807, 2.05) is 24.3 Å². The average molecular weight is 407 g/mol. The Labute approximate surface area is 165 Å². The first-order valence-electron chi connectivity index (χ1n) is 8.27. The molecule has 0 bridgehead atoms. The number of amides is 1. The second kappa shape index (κ2) is 7.66. The molecular formula is C18H19ClN4O3S. The molecule has 0 fully saturated rings. The molecule has 0 saturated heterocycles. The lowest BCUT2D eigenvalue weighted by Gasteiger charge is -2.20. The number of halogens is 1. The number of ether oxygens (including phenoxy) is 1. The molecule has 0 saturated carbocycles. The van der Waals surface area contributed by atoms with Crippen LogP contribution in [0.1, 0.15) is 28.0 Å². The van der Waals surface area contributed by atoms with Crippen LogP contribution in [-0.4, -0.2) is 44.7 Å². The van der Waals surface area contributed by atoms with Crippen molar-refractivity contribution in [1.82, 2.24) is 19.7 Å². The van der Waals surface area contributed by atoms with Crippen LogP contribution in [0, 0.1) is 6.92 Å². The lowest BCUT2D eigenvalue weighted by molar-refractivity contribution is -0.139. The predicted octanol–water partition coefficient (Wildman–Crippen LogP) is 3.20. The molecule has 1 atom stereocenters. The molecule has 1 aromatic carbocycles. The molecule has 1 amide bonds. The summed E-state index contributed by atoms with van der Waals surface area (Å²) in [5.74, 6) is -0.986. The highest BCUT2D eigenvalue weighted by Crippen LogP contribution is 2.23. The van der Waals surface area contributed by atoms with Crippen molar-refractivity contribution in [2.75, 3.05) is 7.05 Å². The van der Waals surface area contributed by atoms with Gasteiger partial charge >= 0.3 is 5.97 Å². The van der Waals surface area contributed by atoms with Gasteiger partial charge in [-0.3, -0.25) is 9.48 Å². The van der Waals surface area contributed by atoms with Crippen molar-refractivity contribution in [3.63, 3.8) is 0 Å². The number of hydrogen-bond acceptors (Lipinski definition) is 6. The average Bonchev–Trinajstić information content (AvgIpc) is 3.13. The Morgan fingerprint density at radius 1 is 1.37 bits per heavy atom. The van der Waals surface area contributed by atoms with E-state index in [0.29, 0.717) is 12.2 Å². The summed E-state index contributed by atoms with van der Waals surface area (Å²) >= 11 is 7.61. The lowest BCUT2D eigenvalue weighted by Crippen LogP contribution is -2.37. The van der Waals surface area contributed by atoms with E-state index in [4.69, 9.17) is 16.3 Å². The molecule has 3 aromatic rings. The summed E-state index contributed by atoms with van der Waals surface area (Å²) in [4.78, 5) is 31.0. The number of hydrogen-bond donors (Lipinski definition) is 0. The predicted molar refractivity (Wildman–Crippen MR) is 104 cm³/mol. The highest BCUT2D eigenvalue weighted by Gasteiger charge is 2.27. The second-order valence-electron chi connectivity index (χ2n) is 6.19. The highest BCUT2D eigenvalue weighted by molar-refractivity contribution is 7.18. The van der Waals surface area contributed by atoms with E-state index < -0.39 is 12.1 Å². The smallest absolute Gasteiger partial charge is 0.343 e. The van der Waals surface area contributed by atoms with Gasteiger partial charge in [-0.25, -0.2) is 9.78 Å². The Morgan fingerprint density at radius 2 is 2.07 bits per heavy atom. The molecular weight excluding hydrogens is 388 g/mol. The van der Waals surface area contributed by atoms with Gasteiger partial charge in [0.25, 0.3) is 5.91 Å². The molecule has 3 rings (SSSR count). The third-order valence-electron chi connectivity index (χ3n) is 4.07. The number of thiazole rings is 1. The summed E-state index contributed by atoms with van der Waals surface area (Å²) in [6.45, 7) is 3.54. The first-order chi connectivity index (χ1) is 12.8. The van der Waals surface area contributed by atoms with Crippen molar-refractivity contribution in [2.45, 2.75) is 26.5 Å². The van der Waals surface area contributed by atoms with E-state index in [1.165, 1.54) is 27.8 Å². The van der Waals surface area contributed by atoms with E-state index in [9.17, 15) is 9.59 Å². The first kappa shape index (κ1) is 19.3. The molecule has 27 heavy (non-hydrogen) atoms. The van der Waals surface area contributed by atoms with E-state index in [0.717, 1.165) is 15.2 Å². The number of aryl methyl sites for hydroxylation is 2. The molecule has 1 unspecified atom stereocenters. The molecule has 0 aliphatic heterocycles. The van der Waals surface area contributed by atoms with E-state index in [2.05, 4.69) is 10.1 Å². The number of aromatic nitrogens is 3. The first-order valence-corrected chi connectivity index (χ1v) is 9.47. The molecule has 2 aromatic heterocycles. The van der Waals surface area contributed by atoms with Gasteiger partial charge in [0.15, 0.2) is 6.10 Å². The molecule has 0 aliphatic rings. The maximum absolute atomic E-state index is 12.6. The molecule has 142 valence electrons. The summed E-state index contributed by atoms with van der Waals surface area (Å²) in [5.41, 5.74) is 1.53. The largest absolute Gasteiger partial charge is 0.449 e. The van der Waals surface area contributed by atoms with Gasteiger partial charge in [0.1, 0.15) is 15.7 Å². The van der Waals surface area contributed by atoms with Crippen molar-refractivity contribution < 1.29 is 14.3 Å². The Balaban J connectivity index is 1.66. The number of para-hydroxylation sites is 1. The quantitative estimate of drug-likeness (QED) is 0.608. The minimum Gasteiger partial charge on any atom is -0.449 e. The SMILES string of the molecule is Cc1nn(C)c(Cl)c1C(=O)OC(C)C(=O)N(C)Cc1nc2ccccc2s1. The standard InChI is InChI=1S/C18H19ClN4O3S/c1-10-15(16(19)23(4)21-10)18(25)26-11(2)17(24)22(3)9-14-20-12-7-5-6-8-13(12)27-14/h5-8,11H,9H2,1-4H3. The fraction of sp³-hybridized carbons (Fsp3) is 0.333. The van der Waals surface area contributed by atoms with Crippen LogP contribution in [0.4, 0.5) is 0 Å². The molecule has 0 spiro atoms. The van der Waals surface area contributed by atoms with Crippen LogP contribution < -0.4 is 0 Å². The number of nitrogens with zero attached hydrogens (tertiary/aromatic N) is 4. The highest BCUT2D eigenvalue weighted by atomic mass is 35.5. The van der Waals surface area contributed by atoms with Crippen LogP contribution >= 0.6 is 22.9 Å². The number of rotatable bonds is 5. The van der Waals surface area contributed by atoms with Crippen molar-refractivity contribution >= 4 is 45.0 Å². The molecule has 7 nitrogen and oxygen atoms in total. The maximum atomic E-state index is 12.6. The van der Waals surface area contributed by atoms with Gasteiger partial charge in [-0.15, -0.1) is 11.3 Å².